The Labute approximate surface area is 89.0 Å². The fourth-order valence-electron chi connectivity index (χ4n) is 1.26. The van der Waals surface area contributed by atoms with Crippen LogP contribution in [0.3, 0.4) is 0 Å². The van der Waals surface area contributed by atoms with Crippen LogP contribution in [0.15, 0.2) is 12.4 Å². The van der Waals surface area contributed by atoms with Crippen LogP contribution in [-0.4, -0.2) is 44.9 Å². The number of hydrogen-bond acceptors (Lipinski definition) is 4. The van der Waals surface area contributed by atoms with E-state index < -0.39 is 5.54 Å². The largest absolute Gasteiger partial charge is 0.394 e. The van der Waals surface area contributed by atoms with Crippen LogP contribution in [-0.2, 0) is 5.54 Å². The monoisotopic (exact) mass is 214 g/mol. The maximum Gasteiger partial charge on any atom is 0.131 e. The fourth-order valence-corrected chi connectivity index (χ4v) is 1.26. The molecule has 0 bridgehead atoms. The van der Waals surface area contributed by atoms with Gasteiger partial charge in [-0.1, -0.05) is 13.8 Å². The van der Waals surface area contributed by atoms with Crippen molar-refractivity contribution >= 4 is 0 Å². The number of aromatic nitrogens is 2. The minimum absolute atomic E-state index is 0.326. The lowest BCUT2D eigenvalue weighted by Crippen LogP contribution is -2.45. The lowest BCUT2D eigenvalue weighted by atomic mass is 10.0. The van der Waals surface area contributed by atoms with Gasteiger partial charge in [0, 0.05) is 6.20 Å². The van der Waals surface area contributed by atoms with E-state index in [-0.39, 0.29) is 19.8 Å². The Morgan fingerprint density at radius 2 is 1.80 bits per heavy atom. The molecule has 0 spiro atoms. The molecular weight excluding hydrogens is 196 g/mol. The van der Waals surface area contributed by atoms with Gasteiger partial charge in [-0.15, -0.1) is 0 Å². The van der Waals surface area contributed by atoms with Gasteiger partial charge < -0.3 is 15.3 Å². The first kappa shape index (κ1) is 12.2. The lowest BCUT2D eigenvalue weighted by molar-refractivity contribution is 0.00682. The highest BCUT2D eigenvalue weighted by atomic mass is 16.3. The smallest absolute Gasteiger partial charge is 0.131 e. The SMILES string of the molecule is CC(C)c1cnn(C(CO)(CO)CO)c1. The van der Waals surface area contributed by atoms with Gasteiger partial charge in [0.05, 0.1) is 26.0 Å². The van der Waals surface area contributed by atoms with Crippen LogP contribution in [0.4, 0.5) is 0 Å². The maximum atomic E-state index is 9.20. The fraction of sp³-hybridized carbons (Fsp3) is 0.700. The highest BCUT2D eigenvalue weighted by Gasteiger charge is 2.31. The molecule has 1 rings (SSSR count). The third kappa shape index (κ3) is 2.19. The second kappa shape index (κ2) is 4.74. The van der Waals surface area contributed by atoms with Gasteiger partial charge in [-0.3, -0.25) is 4.68 Å². The van der Waals surface area contributed by atoms with Crippen LogP contribution >= 0.6 is 0 Å². The number of aliphatic hydroxyl groups excluding tert-OH is 3. The zero-order valence-corrected chi connectivity index (χ0v) is 9.09. The van der Waals surface area contributed by atoms with Crippen molar-refractivity contribution in [2.45, 2.75) is 25.3 Å². The molecule has 1 heterocycles. The van der Waals surface area contributed by atoms with Crippen LogP contribution in [0.2, 0.25) is 0 Å². The lowest BCUT2D eigenvalue weighted by Gasteiger charge is -2.27. The van der Waals surface area contributed by atoms with E-state index in [1.54, 1.807) is 12.4 Å². The highest BCUT2D eigenvalue weighted by Crippen LogP contribution is 2.18. The Morgan fingerprint density at radius 1 is 1.27 bits per heavy atom. The molecule has 0 saturated carbocycles. The van der Waals surface area contributed by atoms with Crippen molar-refractivity contribution in [3.05, 3.63) is 18.0 Å². The van der Waals surface area contributed by atoms with Gasteiger partial charge in [0.25, 0.3) is 0 Å². The zero-order valence-electron chi connectivity index (χ0n) is 9.09. The topological polar surface area (TPSA) is 78.5 Å². The van der Waals surface area contributed by atoms with Crippen molar-refractivity contribution in [2.75, 3.05) is 19.8 Å². The number of rotatable bonds is 5. The van der Waals surface area contributed by atoms with E-state index in [1.807, 2.05) is 13.8 Å². The van der Waals surface area contributed by atoms with Crippen molar-refractivity contribution in [1.29, 1.82) is 0 Å². The van der Waals surface area contributed by atoms with Gasteiger partial charge >= 0.3 is 0 Å². The molecule has 1 aromatic rings. The average Bonchev–Trinajstić information content (AvgIpc) is 2.71. The number of nitrogens with zero attached hydrogens (tertiary/aromatic N) is 2. The number of aliphatic hydroxyl groups is 3. The Morgan fingerprint density at radius 3 is 2.13 bits per heavy atom. The van der Waals surface area contributed by atoms with Crippen molar-refractivity contribution < 1.29 is 15.3 Å². The molecule has 0 fully saturated rings. The summed E-state index contributed by atoms with van der Waals surface area (Å²) in [4.78, 5) is 0. The standard InChI is InChI=1S/C10H18N2O3/c1-8(2)9-3-11-12(4-9)10(5-13,6-14)7-15/h3-4,8,13-15H,5-7H2,1-2H3. The van der Waals surface area contributed by atoms with E-state index in [0.717, 1.165) is 5.56 Å². The number of hydrogen-bond donors (Lipinski definition) is 3. The average molecular weight is 214 g/mol. The molecule has 15 heavy (non-hydrogen) atoms. The van der Waals surface area contributed by atoms with Gasteiger partial charge in [-0.25, -0.2) is 0 Å². The van der Waals surface area contributed by atoms with E-state index in [9.17, 15) is 15.3 Å². The molecule has 0 aliphatic heterocycles. The second-order valence-corrected chi connectivity index (χ2v) is 4.07. The minimum Gasteiger partial charge on any atom is -0.394 e. The molecule has 0 atom stereocenters. The molecule has 3 N–H and O–H groups in total. The van der Waals surface area contributed by atoms with Crippen LogP contribution < -0.4 is 0 Å². The summed E-state index contributed by atoms with van der Waals surface area (Å²) in [6.07, 6.45) is 3.42. The third-order valence-corrected chi connectivity index (χ3v) is 2.64. The predicted molar refractivity (Wildman–Crippen MR) is 55.5 cm³/mol. The summed E-state index contributed by atoms with van der Waals surface area (Å²) in [5, 5.41) is 31.7. The summed E-state index contributed by atoms with van der Waals surface area (Å²) in [5.41, 5.74) is -0.0950. The molecule has 5 nitrogen and oxygen atoms in total. The molecule has 0 aromatic carbocycles. The normalized spacial score (nSPS) is 12.4. The Bertz CT molecular complexity index is 297. The Balaban J connectivity index is 3.01. The molecule has 1 aromatic heterocycles. The quantitative estimate of drug-likeness (QED) is 0.627. The molecule has 0 radical (unpaired) electrons. The summed E-state index contributed by atoms with van der Waals surface area (Å²) >= 11 is 0. The second-order valence-electron chi connectivity index (χ2n) is 4.07. The van der Waals surface area contributed by atoms with Crippen LogP contribution in [0.25, 0.3) is 0 Å². The van der Waals surface area contributed by atoms with E-state index in [0.29, 0.717) is 5.92 Å². The maximum absolute atomic E-state index is 9.20. The van der Waals surface area contributed by atoms with Crippen LogP contribution in [0, 0.1) is 0 Å². The van der Waals surface area contributed by atoms with Crippen molar-refractivity contribution in [3.63, 3.8) is 0 Å². The van der Waals surface area contributed by atoms with E-state index in [2.05, 4.69) is 5.10 Å². The molecule has 0 amide bonds. The van der Waals surface area contributed by atoms with Gasteiger partial charge in [0.1, 0.15) is 5.54 Å². The molecular formula is C10H18N2O3. The molecule has 0 saturated heterocycles. The van der Waals surface area contributed by atoms with Gasteiger partial charge in [-0.2, -0.15) is 5.10 Å². The van der Waals surface area contributed by atoms with Crippen molar-refractivity contribution in [1.82, 2.24) is 9.78 Å². The minimum atomic E-state index is -1.10. The third-order valence-electron chi connectivity index (χ3n) is 2.64. The summed E-state index contributed by atoms with van der Waals surface area (Å²) in [5.74, 6) is 0.326. The first-order chi connectivity index (χ1) is 7.09. The first-order valence-electron chi connectivity index (χ1n) is 4.97. The van der Waals surface area contributed by atoms with Gasteiger partial charge in [-0.05, 0) is 11.5 Å². The molecule has 86 valence electrons. The van der Waals surface area contributed by atoms with Crippen molar-refractivity contribution in [3.8, 4) is 0 Å². The molecule has 5 heteroatoms. The zero-order chi connectivity index (χ0) is 11.5. The Hall–Kier alpha value is -0.910. The predicted octanol–water partition coefficient (Wildman–Crippen LogP) is -0.321. The highest BCUT2D eigenvalue weighted by molar-refractivity contribution is 5.10. The van der Waals surface area contributed by atoms with Gasteiger partial charge in [0.2, 0.25) is 0 Å². The summed E-state index contributed by atoms with van der Waals surface area (Å²) in [7, 11) is 0. The Kier molecular flexibility index (Phi) is 3.84. The molecule has 0 unspecified atom stereocenters. The first-order valence-corrected chi connectivity index (χ1v) is 4.97. The summed E-state index contributed by atoms with van der Waals surface area (Å²) in [6.45, 7) is 3.01. The van der Waals surface area contributed by atoms with Crippen LogP contribution in [0.5, 0.6) is 0 Å². The van der Waals surface area contributed by atoms with Gasteiger partial charge in [0.15, 0.2) is 0 Å². The van der Waals surface area contributed by atoms with Crippen molar-refractivity contribution in [2.24, 2.45) is 0 Å². The van der Waals surface area contributed by atoms with Crippen LogP contribution in [0.1, 0.15) is 25.3 Å². The van der Waals surface area contributed by atoms with E-state index in [1.165, 1.54) is 4.68 Å². The summed E-state index contributed by atoms with van der Waals surface area (Å²) < 4.78 is 1.43. The molecule has 0 aliphatic carbocycles. The van der Waals surface area contributed by atoms with E-state index >= 15 is 0 Å². The van der Waals surface area contributed by atoms with E-state index in [4.69, 9.17) is 0 Å². The summed E-state index contributed by atoms with van der Waals surface area (Å²) in [6, 6.07) is 0. The molecule has 0 aliphatic rings.